The van der Waals surface area contributed by atoms with Gasteiger partial charge in [0.2, 0.25) is 5.95 Å². The van der Waals surface area contributed by atoms with Gasteiger partial charge in [0, 0.05) is 40.3 Å². The van der Waals surface area contributed by atoms with Crippen LogP contribution in [-0.2, 0) is 0 Å². The van der Waals surface area contributed by atoms with Crippen LogP contribution in [-0.4, -0.2) is 27.3 Å². The van der Waals surface area contributed by atoms with Gasteiger partial charge in [-0.1, -0.05) is 6.07 Å². The van der Waals surface area contributed by atoms with Crippen LogP contribution in [0.2, 0.25) is 0 Å². The van der Waals surface area contributed by atoms with Crippen LogP contribution in [0.4, 0.5) is 17.3 Å². The van der Waals surface area contributed by atoms with Crippen molar-refractivity contribution in [1.29, 1.82) is 0 Å². The second-order valence-corrected chi connectivity index (χ2v) is 9.03. The largest absolute Gasteiger partial charge is 0.355 e. The van der Waals surface area contributed by atoms with E-state index >= 15 is 0 Å². The summed E-state index contributed by atoms with van der Waals surface area (Å²) in [6.45, 7) is 2.05. The average Bonchev–Trinajstić information content (AvgIpc) is 3.72. The Kier molecular flexibility index (Phi) is 5.20. The predicted octanol–water partition coefficient (Wildman–Crippen LogP) is 3.93. The molecule has 2 aromatic carbocycles. The number of amides is 2. The van der Waals surface area contributed by atoms with Crippen molar-refractivity contribution in [3.63, 3.8) is 0 Å². The maximum atomic E-state index is 12.7. The van der Waals surface area contributed by atoms with E-state index in [1.54, 1.807) is 6.07 Å². The zero-order valence-electron chi connectivity index (χ0n) is 18.3. The van der Waals surface area contributed by atoms with Crippen LogP contribution in [0.1, 0.15) is 64.8 Å². The number of carbonyl (C=O) groups excluding carboxylic acids is 2. The van der Waals surface area contributed by atoms with Gasteiger partial charge in [-0.15, -0.1) is 0 Å². The molecule has 2 aliphatic carbocycles. The van der Waals surface area contributed by atoms with E-state index in [-0.39, 0.29) is 28.9 Å². The van der Waals surface area contributed by atoms with Gasteiger partial charge >= 0.3 is 0 Å². The number of aromatic nitrogens is 2. The van der Waals surface area contributed by atoms with Crippen molar-refractivity contribution in [3.8, 4) is 0 Å². The van der Waals surface area contributed by atoms with E-state index < -0.39 is 0 Å². The number of carbonyl (C=O) groups is 2. The summed E-state index contributed by atoms with van der Waals surface area (Å²) in [6.07, 6.45) is 5.49. The molecule has 2 aliphatic rings. The SMILES string of the molecule is CC1(NC(=O)c2cccc(Nc3ccc(C(=O)Nc4nccc(=O)[nH]4)cc3C3CC3)c2)CC1. The normalized spacial score (nSPS) is 16.0. The molecular formula is C25H25N5O3. The molecule has 0 atom stereocenters. The lowest BCUT2D eigenvalue weighted by molar-refractivity contribution is 0.0934. The number of rotatable bonds is 7. The lowest BCUT2D eigenvalue weighted by atomic mass is 10.0. The summed E-state index contributed by atoms with van der Waals surface area (Å²) in [4.78, 5) is 43.2. The molecule has 0 radical (unpaired) electrons. The van der Waals surface area contributed by atoms with Crippen molar-refractivity contribution in [1.82, 2.24) is 15.3 Å². The molecule has 5 rings (SSSR count). The van der Waals surface area contributed by atoms with Gasteiger partial charge in [0.1, 0.15) is 0 Å². The van der Waals surface area contributed by atoms with Crippen molar-refractivity contribution < 1.29 is 9.59 Å². The van der Waals surface area contributed by atoms with Crippen LogP contribution in [0, 0.1) is 0 Å². The number of nitrogens with one attached hydrogen (secondary N) is 4. The van der Waals surface area contributed by atoms with Crippen molar-refractivity contribution >= 4 is 29.1 Å². The van der Waals surface area contributed by atoms with Crippen molar-refractivity contribution in [2.45, 2.75) is 44.1 Å². The van der Waals surface area contributed by atoms with Crippen molar-refractivity contribution in [2.24, 2.45) is 0 Å². The molecule has 1 heterocycles. The minimum atomic E-state index is -0.343. The van der Waals surface area contributed by atoms with Gasteiger partial charge in [-0.05, 0) is 80.5 Å². The number of anilines is 3. The fourth-order valence-electron chi connectivity index (χ4n) is 3.72. The zero-order valence-corrected chi connectivity index (χ0v) is 18.3. The minimum Gasteiger partial charge on any atom is -0.355 e. The lowest BCUT2D eigenvalue weighted by Gasteiger charge is -2.15. The number of aromatic amines is 1. The fraction of sp³-hybridized carbons (Fsp3) is 0.280. The predicted molar refractivity (Wildman–Crippen MR) is 126 cm³/mol. The molecule has 1 aromatic heterocycles. The molecule has 0 saturated heterocycles. The summed E-state index contributed by atoms with van der Waals surface area (Å²) in [6, 6.07) is 14.2. The maximum absolute atomic E-state index is 12.7. The Hall–Kier alpha value is -3.94. The van der Waals surface area contributed by atoms with Gasteiger partial charge in [-0.25, -0.2) is 4.98 Å². The molecule has 168 valence electrons. The van der Waals surface area contributed by atoms with E-state index in [1.165, 1.54) is 12.3 Å². The Bertz CT molecular complexity index is 1290. The molecule has 0 bridgehead atoms. The monoisotopic (exact) mass is 443 g/mol. The van der Waals surface area contributed by atoms with E-state index in [2.05, 4.69) is 32.8 Å². The van der Waals surface area contributed by atoms with Crippen molar-refractivity contribution in [2.75, 3.05) is 10.6 Å². The summed E-state index contributed by atoms with van der Waals surface area (Å²) in [5, 5.41) is 9.13. The van der Waals surface area contributed by atoms with Crippen molar-refractivity contribution in [3.05, 3.63) is 81.8 Å². The van der Waals surface area contributed by atoms with Crippen LogP contribution >= 0.6 is 0 Å². The molecule has 33 heavy (non-hydrogen) atoms. The van der Waals surface area contributed by atoms with E-state index in [9.17, 15) is 14.4 Å². The second-order valence-electron chi connectivity index (χ2n) is 9.03. The Morgan fingerprint density at radius 3 is 2.55 bits per heavy atom. The molecule has 2 fully saturated rings. The minimum absolute atomic E-state index is 0.0688. The molecule has 0 spiro atoms. The topological polar surface area (TPSA) is 116 Å². The lowest BCUT2D eigenvalue weighted by Crippen LogP contribution is -2.34. The van der Waals surface area contributed by atoms with Crippen LogP contribution in [0.3, 0.4) is 0 Å². The number of H-pyrrole nitrogens is 1. The summed E-state index contributed by atoms with van der Waals surface area (Å²) in [5.41, 5.74) is 3.47. The Morgan fingerprint density at radius 2 is 1.82 bits per heavy atom. The van der Waals surface area contributed by atoms with E-state index in [1.807, 2.05) is 36.4 Å². The number of benzene rings is 2. The van der Waals surface area contributed by atoms with E-state index in [4.69, 9.17) is 0 Å². The van der Waals surface area contributed by atoms with Crippen LogP contribution in [0.15, 0.2) is 59.5 Å². The first-order chi connectivity index (χ1) is 15.9. The van der Waals surface area contributed by atoms with E-state index in [0.29, 0.717) is 17.0 Å². The van der Waals surface area contributed by atoms with Crippen LogP contribution in [0.5, 0.6) is 0 Å². The maximum Gasteiger partial charge on any atom is 0.257 e. The highest BCUT2D eigenvalue weighted by molar-refractivity contribution is 6.04. The Morgan fingerprint density at radius 1 is 1.03 bits per heavy atom. The highest BCUT2D eigenvalue weighted by Crippen LogP contribution is 2.44. The molecule has 0 aliphatic heterocycles. The Balaban J connectivity index is 1.35. The van der Waals surface area contributed by atoms with Gasteiger partial charge in [0.05, 0.1) is 0 Å². The molecule has 3 aromatic rings. The molecule has 2 saturated carbocycles. The van der Waals surface area contributed by atoms with Gasteiger partial charge < -0.3 is 10.6 Å². The van der Waals surface area contributed by atoms with Gasteiger partial charge in [-0.3, -0.25) is 24.7 Å². The number of hydrogen-bond acceptors (Lipinski definition) is 5. The highest BCUT2D eigenvalue weighted by atomic mass is 16.2. The third-order valence-electron chi connectivity index (χ3n) is 6.05. The summed E-state index contributed by atoms with van der Waals surface area (Å²) >= 11 is 0. The van der Waals surface area contributed by atoms with Crippen LogP contribution < -0.4 is 21.5 Å². The highest BCUT2D eigenvalue weighted by Gasteiger charge is 2.38. The van der Waals surface area contributed by atoms with Gasteiger partial charge in [0.25, 0.3) is 17.4 Å². The van der Waals surface area contributed by atoms with Crippen LogP contribution in [0.25, 0.3) is 0 Å². The summed E-state index contributed by atoms with van der Waals surface area (Å²) < 4.78 is 0. The molecule has 0 unspecified atom stereocenters. The number of hydrogen-bond donors (Lipinski definition) is 4. The molecular weight excluding hydrogens is 418 g/mol. The quantitative estimate of drug-likeness (QED) is 0.442. The molecule has 4 N–H and O–H groups in total. The zero-order chi connectivity index (χ0) is 23.0. The van der Waals surface area contributed by atoms with E-state index in [0.717, 1.165) is 42.6 Å². The molecule has 8 heteroatoms. The first-order valence-corrected chi connectivity index (χ1v) is 11.1. The van der Waals surface area contributed by atoms with Gasteiger partial charge in [-0.2, -0.15) is 0 Å². The smallest absolute Gasteiger partial charge is 0.257 e. The van der Waals surface area contributed by atoms with Gasteiger partial charge in [0.15, 0.2) is 0 Å². The first kappa shape index (κ1) is 20.9. The second kappa shape index (κ2) is 8.20. The standard InChI is InChI=1S/C25H25N5O3/c1-25(10-11-25)30-23(33)16-3-2-4-18(13-16)27-20-8-7-17(14-19(20)15-5-6-15)22(32)29-24-26-12-9-21(31)28-24/h2-4,7-9,12-15,27H,5-6,10-11H2,1H3,(H,30,33)(H2,26,28,29,31,32). The number of nitrogens with zero attached hydrogens (tertiary/aromatic N) is 1. The fourth-order valence-corrected chi connectivity index (χ4v) is 3.72. The molecule has 8 nitrogen and oxygen atoms in total. The molecule has 2 amide bonds. The Labute approximate surface area is 190 Å². The third kappa shape index (κ3) is 4.95. The first-order valence-electron chi connectivity index (χ1n) is 11.1. The summed E-state index contributed by atoms with van der Waals surface area (Å²) in [7, 11) is 0. The third-order valence-corrected chi connectivity index (χ3v) is 6.05. The summed E-state index contributed by atoms with van der Waals surface area (Å²) in [5.74, 6) is 0.0831. The average molecular weight is 444 g/mol.